The molecule has 29 heavy (non-hydrogen) atoms. The maximum Gasteiger partial charge on any atom is 0.471 e. The Morgan fingerprint density at radius 2 is 1.79 bits per heavy atom. The largest absolute Gasteiger partial charge is 0.471 e. The molecule has 1 aromatic carbocycles. The van der Waals surface area contributed by atoms with Crippen molar-refractivity contribution < 1.29 is 27.5 Å². The maximum absolute atomic E-state index is 12.7. The summed E-state index contributed by atoms with van der Waals surface area (Å²) in [6, 6.07) is 3.44. The van der Waals surface area contributed by atoms with Gasteiger partial charge in [0.05, 0.1) is 10.7 Å². The molecule has 1 aromatic rings. The lowest BCUT2D eigenvalue weighted by Gasteiger charge is -2.21. The normalized spacial score (nSPS) is 14.7. The Bertz CT molecular complexity index is 764. The Hall–Kier alpha value is -2.16. The Labute approximate surface area is 172 Å². The van der Waals surface area contributed by atoms with E-state index in [9.17, 15) is 22.8 Å². The molecule has 162 valence electrons. The number of nitrogens with one attached hydrogen (secondary N) is 2. The van der Waals surface area contributed by atoms with E-state index in [1.165, 1.54) is 0 Å². The van der Waals surface area contributed by atoms with E-state index in [4.69, 9.17) is 16.3 Å². The number of nitrogens with zero attached hydrogens (tertiary/aromatic N) is 1. The first kappa shape index (κ1) is 23.1. The summed E-state index contributed by atoms with van der Waals surface area (Å²) >= 11 is 6.28. The Morgan fingerprint density at radius 1 is 1.14 bits per heavy atom. The minimum atomic E-state index is -4.89. The first-order valence-electron chi connectivity index (χ1n) is 9.25. The summed E-state index contributed by atoms with van der Waals surface area (Å²) in [5.74, 6) is -1.83. The second-order valence-electron chi connectivity index (χ2n) is 7.71. The summed E-state index contributed by atoms with van der Waals surface area (Å²) in [5.41, 5.74) is 1.63. The lowest BCUT2D eigenvalue weighted by Crippen LogP contribution is -2.42. The molecule has 0 aromatic heterocycles. The summed E-state index contributed by atoms with van der Waals surface area (Å²) in [5, 5.41) is 6.18. The third-order valence-electron chi connectivity index (χ3n) is 4.27. The number of rotatable bonds is 4. The van der Waals surface area contributed by atoms with Crippen LogP contribution in [0, 0.1) is 0 Å². The molecule has 2 amide bonds. The van der Waals surface area contributed by atoms with Crippen molar-refractivity contribution in [1.29, 1.82) is 0 Å². The van der Waals surface area contributed by atoms with Crippen LogP contribution in [0.2, 0.25) is 5.02 Å². The predicted molar refractivity (Wildman–Crippen MR) is 104 cm³/mol. The van der Waals surface area contributed by atoms with E-state index in [0.29, 0.717) is 23.7 Å². The lowest BCUT2D eigenvalue weighted by atomic mass is 10.0. The third kappa shape index (κ3) is 6.69. The molecule has 0 fully saturated rings. The molecule has 10 heteroatoms. The van der Waals surface area contributed by atoms with E-state index >= 15 is 0 Å². The van der Waals surface area contributed by atoms with Crippen molar-refractivity contribution in [2.24, 2.45) is 0 Å². The number of benzene rings is 1. The SMILES string of the molecule is CC(C)(C)OC(=O)NCCNc1c(Cl)ccc2c1CCN(C(=O)C(F)(F)F)CC2. The van der Waals surface area contributed by atoms with Crippen molar-refractivity contribution in [3.8, 4) is 0 Å². The zero-order chi connectivity index (χ0) is 21.8. The van der Waals surface area contributed by atoms with Gasteiger partial charge in [0, 0.05) is 26.2 Å². The highest BCUT2D eigenvalue weighted by Gasteiger charge is 2.42. The molecule has 1 aliphatic heterocycles. The van der Waals surface area contributed by atoms with Crippen molar-refractivity contribution in [2.45, 2.75) is 45.4 Å². The zero-order valence-electron chi connectivity index (χ0n) is 16.6. The zero-order valence-corrected chi connectivity index (χ0v) is 17.3. The van der Waals surface area contributed by atoms with Crippen LogP contribution in [0.15, 0.2) is 12.1 Å². The molecule has 1 aliphatic rings. The van der Waals surface area contributed by atoms with E-state index in [2.05, 4.69) is 10.6 Å². The van der Waals surface area contributed by atoms with Crippen LogP contribution in [0.5, 0.6) is 0 Å². The van der Waals surface area contributed by atoms with Gasteiger partial charge in [-0.15, -0.1) is 0 Å². The number of hydrogen-bond donors (Lipinski definition) is 2. The van der Waals surface area contributed by atoms with Crippen LogP contribution in [0.4, 0.5) is 23.7 Å². The van der Waals surface area contributed by atoms with Gasteiger partial charge in [0.1, 0.15) is 5.60 Å². The van der Waals surface area contributed by atoms with Crippen LogP contribution in [0.25, 0.3) is 0 Å². The molecular weight excluding hydrogens is 411 g/mol. The summed E-state index contributed by atoms with van der Waals surface area (Å²) < 4.78 is 43.4. The third-order valence-corrected chi connectivity index (χ3v) is 4.58. The summed E-state index contributed by atoms with van der Waals surface area (Å²) in [6.45, 7) is 5.85. The van der Waals surface area contributed by atoms with E-state index in [0.717, 1.165) is 16.0 Å². The molecule has 0 spiro atoms. The first-order chi connectivity index (χ1) is 13.4. The molecule has 0 atom stereocenters. The van der Waals surface area contributed by atoms with Gasteiger partial charge in [0.25, 0.3) is 0 Å². The minimum Gasteiger partial charge on any atom is -0.444 e. The van der Waals surface area contributed by atoms with E-state index in [1.54, 1.807) is 32.9 Å². The topological polar surface area (TPSA) is 70.7 Å². The highest BCUT2D eigenvalue weighted by Crippen LogP contribution is 2.32. The second kappa shape index (κ2) is 9.11. The van der Waals surface area contributed by atoms with E-state index in [-0.39, 0.29) is 26.1 Å². The van der Waals surface area contributed by atoms with Crippen LogP contribution in [0.1, 0.15) is 31.9 Å². The molecule has 0 aliphatic carbocycles. The van der Waals surface area contributed by atoms with Gasteiger partial charge in [0.2, 0.25) is 0 Å². The number of ether oxygens (including phenoxy) is 1. The van der Waals surface area contributed by atoms with Gasteiger partial charge in [0.15, 0.2) is 0 Å². The molecular formula is C19H25ClF3N3O3. The fourth-order valence-electron chi connectivity index (χ4n) is 3.04. The molecule has 0 unspecified atom stereocenters. The van der Waals surface area contributed by atoms with Crippen molar-refractivity contribution in [3.05, 3.63) is 28.3 Å². The number of carbonyl (C=O) groups excluding carboxylic acids is 2. The molecule has 1 heterocycles. The van der Waals surface area contributed by atoms with Crippen LogP contribution in [-0.4, -0.2) is 54.9 Å². The number of fused-ring (bicyclic) bond motifs is 1. The van der Waals surface area contributed by atoms with Gasteiger partial charge in [-0.3, -0.25) is 4.79 Å². The molecule has 2 N–H and O–H groups in total. The van der Waals surface area contributed by atoms with Crippen molar-refractivity contribution in [2.75, 3.05) is 31.5 Å². The Balaban J connectivity index is 2.00. The number of amides is 2. The summed E-state index contributed by atoms with van der Waals surface area (Å²) in [6.07, 6.45) is -4.88. The highest BCUT2D eigenvalue weighted by molar-refractivity contribution is 6.33. The minimum absolute atomic E-state index is 0.00733. The molecule has 0 bridgehead atoms. The van der Waals surface area contributed by atoms with Gasteiger partial charge in [-0.2, -0.15) is 13.2 Å². The smallest absolute Gasteiger partial charge is 0.444 e. The summed E-state index contributed by atoms with van der Waals surface area (Å²) in [7, 11) is 0. The second-order valence-corrected chi connectivity index (χ2v) is 8.11. The monoisotopic (exact) mass is 435 g/mol. The maximum atomic E-state index is 12.7. The fourth-order valence-corrected chi connectivity index (χ4v) is 3.28. The van der Waals surface area contributed by atoms with Gasteiger partial charge >= 0.3 is 18.2 Å². The van der Waals surface area contributed by atoms with Crippen LogP contribution >= 0.6 is 11.6 Å². The number of hydrogen-bond acceptors (Lipinski definition) is 4. The molecule has 2 rings (SSSR count). The Kier molecular flexibility index (Phi) is 7.26. The average molecular weight is 436 g/mol. The number of anilines is 1. The number of carbonyl (C=O) groups is 2. The van der Waals surface area contributed by atoms with Crippen LogP contribution in [-0.2, 0) is 22.4 Å². The lowest BCUT2D eigenvalue weighted by molar-refractivity contribution is -0.185. The number of alkyl carbamates (subject to hydrolysis) is 1. The first-order valence-corrected chi connectivity index (χ1v) is 9.63. The Morgan fingerprint density at radius 3 is 2.41 bits per heavy atom. The van der Waals surface area contributed by atoms with Crippen LogP contribution < -0.4 is 10.6 Å². The van der Waals surface area contributed by atoms with Crippen molar-refractivity contribution in [3.63, 3.8) is 0 Å². The van der Waals surface area contributed by atoms with Gasteiger partial charge in [-0.25, -0.2) is 4.79 Å². The summed E-state index contributed by atoms with van der Waals surface area (Å²) in [4.78, 5) is 24.1. The van der Waals surface area contributed by atoms with Gasteiger partial charge < -0.3 is 20.3 Å². The standard InChI is InChI=1S/C19H25ClF3N3O3/c1-18(2,3)29-17(28)25-9-8-24-15-13-7-11-26(16(27)19(21,22)23)10-6-12(13)4-5-14(15)20/h4-5,24H,6-11H2,1-3H3,(H,25,28). The van der Waals surface area contributed by atoms with E-state index < -0.39 is 23.8 Å². The molecule has 0 radical (unpaired) electrons. The van der Waals surface area contributed by atoms with Crippen molar-refractivity contribution in [1.82, 2.24) is 10.2 Å². The molecule has 0 saturated carbocycles. The molecule has 6 nitrogen and oxygen atoms in total. The predicted octanol–water partition coefficient (Wildman–Crippen LogP) is 3.77. The van der Waals surface area contributed by atoms with Crippen LogP contribution in [0.3, 0.4) is 0 Å². The quantitative estimate of drug-likeness (QED) is 0.706. The molecule has 0 saturated heterocycles. The number of halogens is 4. The number of alkyl halides is 3. The van der Waals surface area contributed by atoms with Gasteiger partial charge in [-0.1, -0.05) is 17.7 Å². The van der Waals surface area contributed by atoms with Crippen molar-refractivity contribution >= 4 is 29.3 Å². The van der Waals surface area contributed by atoms with Gasteiger partial charge in [-0.05, 0) is 50.8 Å². The average Bonchev–Trinajstić information content (AvgIpc) is 2.79. The highest BCUT2D eigenvalue weighted by atomic mass is 35.5. The van der Waals surface area contributed by atoms with E-state index in [1.807, 2.05) is 0 Å². The fraction of sp³-hybridized carbons (Fsp3) is 0.579.